The van der Waals surface area contributed by atoms with Crippen LogP contribution in [0, 0.1) is 0 Å². The molecule has 5 heteroatoms. The summed E-state index contributed by atoms with van der Waals surface area (Å²) >= 11 is 3.31. The van der Waals surface area contributed by atoms with Crippen LogP contribution in [0.2, 0.25) is 0 Å². The highest BCUT2D eigenvalue weighted by atomic mass is 79.9. The summed E-state index contributed by atoms with van der Waals surface area (Å²) in [6.07, 6.45) is 0. The van der Waals surface area contributed by atoms with Crippen LogP contribution in [0.1, 0.15) is 15.9 Å². The topological polar surface area (TPSA) is 44.8 Å². The molecule has 1 rings (SSSR count). The maximum Gasteiger partial charge on any atom is 0.341 e. The number of esters is 1. The average molecular weight is 289 g/mol. The van der Waals surface area contributed by atoms with E-state index in [0.29, 0.717) is 22.4 Å². The molecule has 0 aliphatic carbocycles. The Labute approximate surface area is 103 Å². The maximum absolute atomic E-state index is 11.6. The van der Waals surface area contributed by atoms with Crippen molar-refractivity contribution in [3.05, 3.63) is 23.3 Å². The molecular formula is C11H13BrO4. The quantitative estimate of drug-likeness (QED) is 0.630. The lowest BCUT2D eigenvalue weighted by Crippen LogP contribution is -2.08. The predicted molar refractivity (Wildman–Crippen MR) is 63.5 cm³/mol. The Balaban J connectivity index is 3.37. The van der Waals surface area contributed by atoms with Crippen molar-refractivity contribution < 1.29 is 19.0 Å². The summed E-state index contributed by atoms with van der Waals surface area (Å²) in [7, 11) is 4.40. The zero-order valence-corrected chi connectivity index (χ0v) is 11.0. The highest BCUT2D eigenvalue weighted by Gasteiger charge is 2.19. The van der Waals surface area contributed by atoms with Gasteiger partial charge < -0.3 is 14.2 Å². The van der Waals surface area contributed by atoms with E-state index < -0.39 is 5.97 Å². The molecule has 0 saturated heterocycles. The standard InChI is InChI=1S/C11H13BrO4/c1-14-8-4-7(6-12)10(11(13)16-3)9(5-8)15-2/h4-5H,6H2,1-3H3. The van der Waals surface area contributed by atoms with E-state index in [1.807, 2.05) is 0 Å². The molecule has 4 nitrogen and oxygen atoms in total. The number of benzene rings is 1. The molecule has 0 radical (unpaired) electrons. The first-order valence-electron chi connectivity index (χ1n) is 4.57. The molecule has 0 aliphatic heterocycles. The van der Waals surface area contributed by atoms with Crippen LogP contribution in [0.15, 0.2) is 12.1 Å². The third-order valence-electron chi connectivity index (χ3n) is 2.15. The van der Waals surface area contributed by atoms with Crippen LogP contribution >= 0.6 is 15.9 Å². The second-order valence-electron chi connectivity index (χ2n) is 2.99. The molecule has 0 atom stereocenters. The summed E-state index contributed by atoms with van der Waals surface area (Å²) in [5, 5.41) is 0.519. The molecule has 0 unspecified atom stereocenters. The van der Waals surface area contributed by atoms with E-state index in [2.05, 4.69) is 15.9 Å². The fraction of sp³-hybridized carbons (Fsp3) is 0.364. The van der Waals surface area contributed by atoms with Crippen molar-refractivity contribution >= 4 is 21.9 Å². The summed E-state index contributed by atoms with van der Waals surface area (Å²) < 4.78 is 15.0. The molecule has 0 bridgehead atoms. The van der Waals surface area contributed by atoms with Crippen LogP contribution in [-0.4, -0.2) is 27.3 Å². The summed E-state index contributed by atoms with van der Waals surface area (Å²) in [6, 6.07) is 3.42. The molecule has 0 saturated carbocycles. The van der Waals surface area contributed by atoms with Crippen LogP contribution in [0.25, 0.3) is 0 Å². The maximum atomic E-state index is 11.6. The zero-order valence-electron chi connectivity index (χ0n) is 9.37. The molecule has 0 aromatic heterocycles. The molecular weight excluding hydrogens is 276 g/mol. The summed E-state index contributed by atoms with van der Waals surface area (Å²) in [5.74, 6) is 0.661. The van der Waals surface area contributed by atoms with Crippen molar-refractivity contribution in [2.24, 2.45) is 0 Å². The van der Waals surface area contributed by atoms with Crippen molar-refractivity contribution in [2.45, 2.75) is 5.33 Å². The number of ether oxygens (including phenoxy) is 3. The van der Waals surface area contributed by atoms with E-state index in [9.17, 15) is 4.79 Å². The molecule has 88 valence electrons. The second-order valence-corrected chi connectivity index (χ2v) is 3.55. The highest BCUT2D eigenvalue weighted by Crippen LogP contribution is 2.30. The number of hydrogen-bond donors (Lipinski definition) is 0. The van der Waals surface area contributed by atoms with Gasteiger partial charge in [-0.05, 0) is 11.6 Å². The van der Waals surface area contributed by atoms with Gasteiger partial charge in [0.15, 0.2) is 0 Å². The summed E-state index contributed by atoms with van der Waals surface area (Å²) in [4.78, 5) is 11.6. The van der Waals surface area contributed by atoms with Crippen molar-refractivity contribution in [3.63, 3.8) is 0 Å². The first kappa shape index (κ1) is 12.8. The van der Waals surface area contributed by atoms with E-state index in [4.69, 9.17) is 14.2 Å². The van der Waals surface area contributed by atoms with Gasteiger partial charge in [0, 0.05) is 11.4 Å². The normalized spacial score (nSPS) is 9.75. The van der Waals surface area contributed by atoms with E-state index in [-0.39, 0.29) is 0 Å². The van der Waals surface area contributed by atoms with E-state index in [0.717, 1.165) is 5.56 Å². The number of carbonyl (C=O) groups is 1. The van der Waals surface area contributed by atoms with Gasteiger partial charge in [0.05, 0.1) is 21.3 Å². The lowest BCUT2D eigenvalue weighted by Gasteiger charge is -2.12. The fourth-order valence-corrected chi connectivity index (χ4v) is 1.81. The Kier molecular flexibility index (Phi) is 4.61. The smallest absolute Gasteiger partial charge is 0.341 e. The number of hydrogen-bond acceptors (Lipinski definition) is 4. The third kappa shape index (κ3) is 2.47. The van der Waals surface area contributed by atoms with E-state index in [1.54, 1.807) is 19.2 Å². The summed E-state index contributed by atoms with van der Waals surface area (Å²) in [5.41, 5.74) is 1.19. The minimum absolute atomic E-state index is 0.419. The second kappa shape index (κ2) is 5.75. The van der Waals surface area contributed by atoms with Crippen LogP contribution in [-0.2, 0) is 10.1 Å². The van der Waals surface area contributed by atoms with Crippen LogP contribution in [0.4, 0.5) is 0 Å². The predicted octanol–water partition coefficient (Wildman–Crippen LogP) is 2.39. The van der Waals surface area contributed by atoms with Crippen LogP contribution < -0.4 is 9.47 Å². The van der Waals surface area contributed by atoms with E-state index in [1.165, 1.54) is 14.2 Å². The van der Waals surface area contributed by atoms with Gasteiger partial charge in [-0.1, -0.05) is 15.9 Å². The highest BCUT2D eigenvalue weighted by molar-refractivity contribution is 9.08. The van der Waals surface area contributed by atoms with Gasteiger partial charge in [-0.2, -0.15) is 0 Å². The van der Waals surface area contributed by atoms with Crippen molar-refractivity contribution in [1.82, 2.24) is 0 Å². The summed E-state index contributed by atoms with van der Waals surface area (Å²) in [6.45, 7) is 0. The van der Waals surface area contributed by atoms with Crippen molar-refractivity contribution in [1.29, 1.82) is 0 Å². The first-order chi connectivity index (χ1) is 7.67. The Bertz CT molecular complexity index is 365. The van der Waals surface area contributed by atoms with Gasteiger partial charge in [-0.25, -0.2) is 4.79 Å². The van der Waals surface area contributed by atoms with Gasteiger partial charge in [-0.3, -0.25) is 0 Å². The molecule has 0 amide bonds. The molecule has 0 heterocycles. The molecule has 1 aromatic rings. The first-order valence-corrected chi connectivity index (χ1v) is 5.69. The minimum atomic E-state index is -0.422. The SMILES string of the molecule is COC(=O)c1c(CBr)cc(OC)cc1OC. The Morgan fingerprint density at radius 1 is 1.25 bits per heavy atom. The third-order valence-corrected chi connectivity index (χ3v) is 2.75. The number of alkyl halides is 1. The molecule has 0 spiro atoms. The van der Waals surface area contributed by atoms with Gasteiger partial charge in [0.1, 0.15) is 17.1 Å². The molecule has 0 fully saturated rings. The number of halogens is 1. The Hall–Kier alpha value is -1.23. The number of carbonyl (C=O) groups excluding carboxylic acids is 1. The largest absolute Gasteiger partial charge is 0.497 e. The van der Waals surface area contributed by atoms with Gasteiger partial charge >= 0.3 is 5.97 Å². The van der Waals surface area contributed by atoms with Gasteiger partial charge in [-0.15, -0.1) is 0 Å². The fourth-order valence-electron chi connectivity index (χ4n) is 1.36. The van der Waals surface area contributed by atoms with Gasteiger partial charge in [0.2, 0.25) is 0 Å². The molecule has 1 aromatic carbocycles. The minimum Gasteiger partial charge on any atom is -0.497 e. The lowest BCUT2D eigenvalue weighted by atomic mass is 10.1. The van der Waals surface area contributed by atoms with Crippen molar-refractivity contribution in [3.8, 4) is 11.5 Å². The average Bonchev–Trinajstić information content (AvgIpc) is 2.35. The molecule has 0 N–H and O–H groups in total. The molecule has 0 aliphatic rings. The molecule has 16 heavy (non-hydrogen) atoms. The number of methoxy groups -OCH3 is 3. The monoisotopic (exact) mass is 288 g/mol. The van der Waals surface area contributed by atoms with Crippen LogP contribution in [0.5, 0.6) is 11.5 Å². The number of rotatable bonds is 4. The van der Waals surface area contributed by atoms with Crippen molar-refractivity contribution in [2.75, 3.05) is 21.3 Å². The Morgan fingerprint density at radius 2 is 1.94 bits per heavy atom. The van der Waals surface area contributed by atoms with E-state index >= 15 is 0 Å². The van der Waals surface area contributed by atoms with Gasteiger partial charge in [0.25, 0.3) is 0 Å². The Morgan fingerprint density at radius 3 is 2.38 bits per heavy atom. The zero-order chi connectivity index (χ0) is 12.1. The lowest BCUT2D eigenvalue weighted by molar-refractivity contribution is 0.0596. The van der Waals surface area contributed by atoms with Crippen LogP contribution in [0.3, 0.4) is 0 Å².